The number of benzene rings is 1. The van der Waals surface area contributed by atoms with Crippen LogP contribution in [0.1, 0.15) is 29.9 Å². The Labute approximate surface area is 151 Å². The summed E-state index contributed by atoms with van der Waals surface area (Å²) < 4.78 is 5.05. The molecule has 4 fully saturated rings. The zero-order chi connectivity index (χ0) is 17.3. The van der Waals surface area contributed by atoms with Crippen LogP contribution in [0.25, 0.3) is 0 Å². The Morgan fingerprint density at radius 3 is 2.68 bits per heavy atom. The smallest absolute Gasteiger partial charge is 0.407 e. The maximum absolute atomic E-state index is 12.9. The van der Waals surface area contributed by atoms with Crippen LogP contribution in [-0.2, 0) is 9.53 Å². The fraction of sp³-hybridized carbons (Fsp3) is 0.579. The first-order valence-corrected chi connectivity index (χ1v) is 9.36. The molecule has 2 saturated carbocycles. The van der Waals surface area contributed by atoms with E-state index in [0.717, 1.165) is 36.5 Å². The number of ether oxygens (including phenoxy) is 1. The summed E-state index contributed by atoms with van der Waals surface area (Å²) >= 11 is 6.26. The second kappa shape index (κ2) is 5.13. The summed E-state index contributed by atoms with van der Waals surface area (Å²) in [6.45, 7) is 3.98. The average Bonchev–Trinajstić information content (AvgIpc) is 2.92. The summed E-state index contributed by atoms with van der Waals surface area (Å²) in [5.41, 5.74) is 1.96. The minimum absolute atomic E-state index is 0.122. The van der Waals surface area contributed by atoms with E-state index in [1.807, 2.05) is 11.8 Å². The molecular formula is C19H21ClN2O3. The number of nitrogens with zero attached hydrogens (tertiary/aromatic N) is 1. The van der Waals surface area contributed by atoms with Crippen molar-refractivity contribution in [2.45, 2.75) is 31.2 Å². The third kappa shape index (κ3) is 2.21. The molecule has 132 valence electrons. The van der Waals surface area contributed by atoms with Crippen molar-refractivity contribution in [1.29, 1.82) is 0 Å². The molecule has 2 saturated heterocycles. The van der Waals surface area contributed by atoms with E-state index in [-0.39, 0.29) is 11.8 Å². The second-order valence-electron chi connectivity index (χ2n) is 8.05. The molecule has 3 unspecified atom stereocenters. The van der Waals surface area contributed by atoms with Gasteiger partial charge in [0.25, 0.3) is 0 Å². The highest BCUT2D eigenvalue weighted by molar-refractivity contribution is 6.31. The number of likely N-dealkylation sites (tertiary alicyclic amines) is 1. The molecule has 5 rings (SSSR count). The number of alkyl carbamates (subject to hydrolysis) is 1. The van der Waals surface area contributed by atoms with Gasteiger partial charge in [0.2, 0.25) is 5.91 Å². The summed E-state index contributed by atoms with van der Waals surface area (Å²) in [5, 5.41) is 3.69. The van der Waals surface area contributed by atoms with Crippen molar-refractivity contribution in [3.8, 4) is 0 Å². The highest BCUT2D eigenvalue weighted by Crippen LogP contribution is 2.59. The first-order chi connectivity index (χ1) is 12.0. The molecule has 1 N–H and O–H groups in total. The molecule has 0 bridgehead atoms. The lowest BCUT2D eigenvalue weighted by atomic mass is 9.66. The molecule has 0 radical (unpaired) electrons. The van der Waals surface area contributed by atoms with Gasteiger partial charge in [-0.05, 0) is 54.7 Å². The van der Waals surface area contributed by atoms with Gasteiger partial charge in [0.05, 0.1) is 11.5 Å². The van der Waals surface area contributed by atoms with Gasteiger partial charge in [0.1, 0.15) is 6.61 Å². The van der Waals surface area contributed by atoms with Crippen LogP contribution < -0.4 is 5.32 Å². The Hall–Kier alpha value is -1.75. The van der Waals surface area contributed by atoms with Crippen molar-refractivity contribution < 1.29 is 14.3 Å². The lowest BCUT2D eigenvalue weighted by Gasteiger charge is -2.45. The van der Waals surface area contributed by atoms with Gasteiger partial charge < -0.3 is 15.0 Å². The number of carbonyl (C=O) groups is 2. The number of fused-ring (bicyclic) bond motifs is 1. The van der Waals surface area contributed by atoms with Gasteiger partial charge in [-0.1, -0.05) is 23.7 Å². The zero-order valence-electron chi connectivity index (χ0n) is 14.1. The van der Waals surface area contributed by atoms with E-state index in [0.29, 0.717) is 24.4 Å². The van der Waals surface area contributed by atoms with Crippen molar-refractivity contribution >= 4 is 23.6 Å². The largest absolute Gasteiger partial charge is 0.447 e. The van der Waals surface area contributed by atoms with Gasteiger partial charge in [0.15, 0.2) is 0 Å². The third-order valence-corrected chi connectivity index (χ3v) is 7.15. The molecule has 2 aliphatic heterocycles. The standard InChI is InChI=1S/C19H21ClN2O3/c1-10-2-3-11(6-15(10)20)16-12-7-22(8-13(12)16)17(23)14-4-5-19(14)9-25-18(24)21-19/h2-3,6,12-14,16H,4-5,7-9H2,1H3,(H,21,24)/t12-,13+,14?,16?,19?. The number of piperidine rings is 1. The molecule has 1 aromatic carbocycles. The number of amides is 2. The van der Waals surface area contributed by atoms with E-state index in [1.54, 1.807) is 0 Å². The SMILES string of the molecule is Cc1ccc(C2[C@H]3CN(C(=O)C4CCC45COC(=O)N5)C[C@@H]23)cc1Cl. The number of cyclic esters (lactones) is 1. The van der Waals surface area contributed by atoms with Crippen LogP contribution in [0.2, 0.25) is 5.02 Å². The van der Waals surface area contributed by atoms with Gasteiger partial charge in [-0.2, -0.15) is 0 Å². The van der Waals surface area contributed by atoms with Gasteiger partial charge in [-0.25, -0.2) is 4.79 Å². The molecule has 4 aliphatic rings. The molecule has 6 heteroatoms. The van der Waals surface area contributed by atoms with Crippen LogP contribution >= 0.6 is 11.6 Å². The molecule has 1 spiro atoms. The number of hydrogen-bond donors (Lipinski definition) is 1. The van der Waals surface area contributed by atoms with E-state index in [2.05, 4.69) is 23.5 Å². The summed E-state index contributed by atoms with van der Waals surface area (Å²) in [7, 11) is 0. The lowest BCUT2D eigenvalue weighted by Crippen LogP contribution is -2.62. The summed E-state index contributed by atoms with van der Waals surface area (Å²) in [6.07, 6.45) is 1.28. The minimum Gasteiger partial charge on any atom is -0.447 e. The van der Waals surface area contributed by atoms with Crippen molar-refractivity contribution in [1.82, 2.24) is 10.2 Å². The normalized spacial score (nSPS) is 38.2. The summed E-state index contributed by atoms with van der Waals surface area (Å²) in [6, 6.07) is 6.33. The van der Waals surface area contributed by atoms with E-state index in [9.17, 15) is 9.59 Å². The number of rotatable bonds is 2. The van der Waals surface area contributed by atoms with Gasteiger partial charge in [0, 0.05) is 18.1 Å². The van der Waals surface area contributed by atoms with Crippen LogP contribution in [0.3, 0.4) is 0 Å². The molecule has 1 aromatic rings. The van der Waals surface area contributed by atoms with Gasteiger partial charge in [-0.15, -0.1) is 0 Å². The minimum atomic E-state index is -0.440. The predicted octanol–water partition coefficient (Wildman–Crippen LogP) is 2.71. The first kappa shape index (κ1) is 15.5. The molecule has 25 heavy (non-hydrogen) atoms. The van der Waals surface area contributed by atoms with E-state index in [4.69, 9.17) is 16.3 Å². The second-order valence-corrected chi connectivity index (χ2v) is 8.46. The quantitative estimate of drug-likeness (QED) is 0.882. The van der Waals surface area contributed by atoms with Crippen LogP contribution in [0.15, 0.2) is 18.2 Å². The average molecular weight is 361 g/mol. The van der Waals surface area contributed by atoms with Crippen molar-refractivity contribution in [3.63, 3.8) is 0 Å². The monoisotopic (exact) mass is 360 g/mol. The molecule has 5 nitrogen and oxygen atoms in total. The fourth-order valence-corrected chi connectivity index (χ4v) is 5.22. The number of halogens is 1. The van der Waals surface area contributed by atoms with E-state index >= 15 is 0 Å². The van der Waals surface area contributed by atoms with Crippen molar-refractivity contribution in [2.75, 3.05) is 19.7 Å². The highest BCUT2D eigenvalue weighted by atomic mass is 35.5. The number of hydrogen-bond acceptors (Lipinski definition) is 3. The topological polar surface area (TPSA) is 58.6 Å². The number of aryl methyl sites for hydroxylation is 1. The Morgan fingerprint density at radius 2 is 2.12 bits per heavy atom. The van der Waals surface area contributed by atoms with Crippen LogP contribution in [0, 0.1) is 24.7 Å². The maximum atomic E-state index is 12.9. The summed E-state index contributed by atoms with van der Waals surface area (Å²) in [4.78, 5) is 26.3. The number of carbonyl (C=O) groups excluding carboxylic acids is 2. The molecule has 2 heterocycles. The van der Waals surface area contributed by atoms with Crippen molar-refractivity contribution in [2.24, 2.45) is 17.8 Å². The predicted molar refractivity (Wildman–Crippen MR) is 92.4 cm³/mol. The number of nitrogens with one attached hydrogen (secondary N) is 1. The van der Waals surface area contributed by atoms with Crippen molar-refractivity contribution in [3.05, 3.63) is 34.3 Å². The molecule has 5 atom stereocenters. The molecule has 2 aliphatic carbocycles. The van der Waals surface area contributed by atoms with Gasteiger partial charge >= 0.3 is 6.09 Å². The third-order valence-electron chi connectivity index (χ3n) is 6.74. The fourth-order valence-electron chi connectivity index (χ4n) is 5.03. The van der Waals surface area contributed by atoms with Crippen LogP contribution in [0.4, 0.5) is 4.79 Å². The Balaban J connectivity index is 1.24. The highest BCUT2D eigenvalue weighted by Gasteiger charge is 2.61. The van der Waals surface area contributed by atoms with Crippen LogP contribution in [0.5, 0.6) is 0 Å². The molecular weight excluding hydrogens is 340 g/mol. The van der Waals surface area contributed by atoms with Gasteiger partial charge in [-0.3, -0.25) is 4.79 Å². The zero-order valence-corrected chi connectivity index (χ0v) is 14.9. The Kier molecular flexibility index (Phi) is 3.18. The van der Waals surface area contributed by atoms with E-state index in [1.165, 1.54) is 5.56 Å². The Bertz CT molecular complexity index is 770. The summed E-state index contributed by atoms with van der Waals surface area (Å²) in [5.74, 6) is 1.70. The maximum Gasteiger partial charge on any atom is 0.407 e. The van der Waals surface area contributed by atoms with E-state index < -0.39 is 11.6 Å². The Morgan fingerprint density at radius 1 is 1.36 bits per heavy atom. The lowest BCUT2D eigenvalue weighted by molar-refractivity contribution is -0.142. The molecule has 2 amide bonds. The van der Waals surface area contributed by atoms with Crippen LogP contribution in [-0.4, -0.2) is 42.1 Å². The first-order valence-electron chi connectivity index (χ1n) is 8.98. The molecule has 0 aromatic heterocycles.